The molecule has 2 amide bonds. The lowest BCUT2D eigenvalue weighted by Gasteiger charge is -2.19. The molecule has 1 aromatic rings. The maximum absolute atomic E-state index is 12.0. The van der Waals surface area contributed by atoms with Crippen LogP contribution in [0.15, 0.2) is 4.52 Å². The summed E-state index contributed by atoms with van der Waals surface area (Å²) < 4.78 is 9.89. The summed E-state index contributed by atoms with van der Waals surface area (Å²) in [7, 11) is 1.69. The monoisotopic (exact) mass is 296 g/mol. The van der Waals surface area contributed by atoms with Gasteiger partial charge in [-0.3, -0.25) is 9.69 Å². The summed E-state index contributed by atoms with van der Waals surface area (Å²) in [4.78, 5) is 30.5. The molecule has 0 aromatic carbocycles. The third-order valence-electron chi connectivity index (χ3n) is 3.25. The van der Waals surface area contributed by atoms with Crippen LogP contribution >= 0.6 is 0 Å². The van der Waals surface area contributed by atoms with E-state index < -0.39 is 6.09 Å². The number of carbonyl (C=O) groups excluding carboxylic acids is 2. The molecule has 1 fully saturated rings. The van der Waals surface area contributed by atoms with Crippen LogP contribution in [0, 0.1) is 0 Å². The van der Waals surface area contributed by atoms with Gasteiger partial charge in [-0.2, -0.15) is 4.98 Å². The molecule has 1 saturated heterocycles. The molecule has 2 heterocycles. The van der Waals surface area contributed by atoms with E-state index in [9.17, 15) is 9.59 Å². The Labute approximate surface area is 123 Å². The number of cyclic esters (lactones) is 1. The highest BCUT2D eigenvalue weighted by Crippen LogP contribution is 2.11. The summed E-state index contributed by atoms with van der Waals surface area (Å²) in [6.07, 6.45) is 0.0830. The molecule has 0 saturated carbocycles. The summed E-state index contributed by atoms with van der Waals surface area (Å²) in [5.41, 5.74) is 0. The van der Waals surface area contributed by atoms with Crippen LogP contribution in [0.25, 0.3) is 0 Å². The summed E-state index contributed by atoms with van der Waals surface area (Å²) in [5, 5.41) is 3.88. The summed E-state index contributed by atoms with van der Waals surface area (Å²) in [6, 6.07) is 0. The van der Waals surface area contributed by atoms with Crippen LogP contribution in [-0.4, -0.2) is 65.2 Å². The first kappa shape index (κ1) is 15.3. The minimum Gasteiger partial charge on any atom is -0.448 e. The molecule has 2 rings (SSSR count). The Hall–Kier alpha value is -2.12. The van der Waals surface area contributed by atoms with Gasteiger partial charge < -0.3 is 14.2 Å². The Morgan fingerprint density at radius 1 is 1.48 bits per heavy atom. The van der Waals surface area contributed by atoms with Crippen LogP contribution in [0.4, 0.5) is 4.79 Å². The van der Waals surface area contributed by atoms with E-state index in [1.165, 1.54) is 4.90 Å². The molecule has 0 bridgehead atoms. The molecule has 0 radical (unpaired) electrons. The number of ether oxygens (including phenoxy) is 1. The van der Waals surface area contributed by atoms with Crippen molar-refractivity contribution in [3.05, 3.63) is 11.7 Å². The summed E-state index contributed by atoms with van der Waals surface area (Å²) in [5.74, 6) is 1.23. The molecule has 116 valence electrons. The van der Waals surface area contributed by atoms with Crippen molar-refractivity contribution in [1.29, 1.82) is 0 Å². The smallest absolute Gasteiger partial charge is 0.410 e. The van der Waals surface area contributed by atoms with Gasteiger partial charge in [0.1, 0.15) is 13.2 Å². The van der Waals surface area contributed by atoms with Gasteiger partial charge in [0, 0.05) is 25.9 Å². The second-order valence-corrected chi connectivity index (χ2v) is 5.30. The van der Waals surface area contributed by atoms with E-state index in [2.05, 4.69) is 10.1 Å². The predicted molar refractivity (Wildman–Crippen MR) is 72.6 cm³/mol. The van der Waals surface area contributed by atoms with Crippen molar-refractivity contribution in [2.45, 2.75) is 26.2 Å². The van der Waals surface area contributed by atoms with Gasteiger partial charge in [-0.25, -0.2) is 4.79 Å². The predicted octanol–water partition coefficient (Wildman–Crippen LogP) is 0.646. The molecule has 1 aliphatic rings. The molecule has 0 spiro atoms. The second-order valence-electron chi connectivity index (χ2n) is 5.30. The largest absolute Gasteiger partial charge is 0.448 e. The van der Waals surface area contributed by atoms with Crippen LogP contribution in [0.1, 0.15) is 31.5 Å². The molecule has 8 heteroatoms. The highest BCUT2D eigenvalue weighted by molar-refractivity contribution is 5.82. The molecular weight excluding hydrogens is 276 g/mol. The first-order valence-corrected chi connectivity index (χ1v) is 6.95. The number of nitrogens with zero attached hydrogens (tertiary/aromatic N) is 4. The molecule has 1 aromatic heterocycles. The van der Waals surface area contributed by atoms with E-state index in [1.54, 1.807) is 11.9 Å². The SMILES string of the molecule is CC(C)c1nc(CCN(C)C(=O)CN2CCOC2=O)no1. The minimum atomic E-state index is -0.434. The zero-order chi connectivity index (χ0) is 15.4. The fourth-order valence-electron chi connectivity index (χ4n) is 1.85. The minimum absolute atomic E-state index is 0.0405. The molecule has 1 aliphatic heterocycles. The Balaban J connectivity index is 1.79. The lowest BCUT2D eigenvalue weighted by atomic mass is 10.2. The number of aromatic nitrogens is 2. The zero-order valence-electron chi connectivity index (χ0n) is 12.5. The van der Waals surface area contributed by atoms with Crippen LogP contribution in [0.2, 0.25) is 0 Å². The van der Waals surface area contributed by atoms with E-state index in [0.717, 1.165) is 0 Å². The van der Waals surface area contributed by atoms with Gasteiger partial charge in [0.2, 0.25) is 11.8 Å². The number of rotatable bonds is 6. The van der Waals surface area contributed by atoms with Crippen LogP contribution in [-0.2, 0) is 16.0 Å². The highest BCUT2D eigenvalue weighted by atomic mass is 16.6. The van der Waals surface area contributed by atoms with E-state index >= 15 is 0 Å². The van der Waals surface area contributed by atoms with Crippen molar-refractivity contribution in [2.75, 3.05) is 33.3 Å². The Bertz CT molecular complexity index is 514. The quantitative estimate of drug-likeness (QED) is 0.765. The zero-order valence-corrected chi connectivity index (χ0v) is 12.5. The Morgan fingerprint density at radius 2 is 2.24 bits per heavy atom. The molecule has 8 nitrogen and oxygen atoms in total. The van der Waals surface area contributed by atoms with Crippen molar-refractivity contribution in [3.8, 4) is 0 Å². The molecule has 0 unspecified atom stereocenters. The number of likely N-dealkylation sites (N-methyl/N-ethyl adjacent to an activating group) is 1. The molecule has 0 aliphatic carbocycles. The summed E-state index contributed by atoms with van der Waals surface area (Å²) in [6.45, 7) is 5.26. The number of amides is 2. The maximum Gasteiger partial charge on any atom is 0.410 e. The van der Waals surface area contributed by atoms with Gasteiger partial charge in [0.15, 0.2) is 5.82 Å². The van der Waals surface area contributed by atoms with Crippen LogP contribution < -0.4 is 0 Å². The van der Waals surface area contributed by atoms with Crippen LogP contribution in [0.3, 0.4) is 0 Å². The van der Waals surface area contributed by atoms with Gasteiger partial charge >= 0.3 is 6.09 Å². The van der Waals surface area contributed by atoms with E-state index in [-0.39, 0.29) is 18.4 Å². The third kappa shape index (κ3) is 3.93. The third-order valence-corrected chi connectivity index (χ3v) is 3.25. The molecular formula is C13H20N4O4. The van der Waals surface area contributed by atoms with Crippen molar-refractivity contribution < 1.29 is 18.8 Å². The van der Waals surface area contributed by atoms with E-state index in [0.29, 0.717) is 37.8 Å². The summed E-state index contributed by atoms with van der Waals surface area (Å²) >= 11 is 0. The van der Waals surface area contributed by atoms with Crippen molar-refractivity contribution in [1.82, 2.24) is 19.9 Å². The number of hydrogen-bond donors (Lipinski definition) is 0. The molecule has 0 N–H and O–H groups in total. The maximum atomic E-state index is 12.0. The first-order valence-electron chi connectivity index (χ1n) is 6.95. The van der Waals surface area contributed by atoms with E-state index in [1.807, 2.05) is 13.8 Å². The van der Waals surface area contributed by atoms with Crippen molar-refractivity contribution in [3.63, 3.8) is 0 Å². The average molecular weight is 296 g/mol. The molecule has 0 atom stereocenters. The fraction of sp³-hybridized carbons (Fsp3) is 0.692. The van der Waals surface area contributed by atoms with Gasteiger partial charge in [0.25, 0.3) is 0 Å². The second kappa shape index (κ2) is 6.55. The number of hydrogen-bond acceptors (Lipinski definition) is 6. The highest BCUT2D eigenvalue weighted by Gasteiger charge is 2.25. The van der Waals surface area contributed by atoms with Gasteiger partial charge in [-0.15, -0.1) is 0 Å². The first-order chi connectivity index (χ1) is 9.97. The number of carbonyl (C=O) groups is 2. The van der Waals surface area contributed by atoms with Crippen LogP contribution in [0.5, 0.6) is 0 Å². The van der Waals surface area contributed by atoms with Crippen molar-refractivity contribution in [2.24, 2.45) is 0 Å². The normalized spacial score (nSPS) is 14.7. The van der Waals surface area contributed by atoms with E-state index in [4.69, 9.17) is 9.26 Å². The average Bonchev–Trinajstić information content (AvgIpc) is 3.06. The molecule has 21 heavy (non-hydrogen) atoms. The topological polar surface area (TPSA) is 88.8 Å². The van der Waals surface area contributed by atoms with Gasteiger partial charge in [-0.1, -0.05) is 19.0 Å². The fourth-order valence-corrected chi connectivity index (χ4v) is 1.85. The van der Waals surface area contributed by atoms with Gasteiger partial charge in [0.05, 0.1) is 6.54 Å². The van der Waals surface area contributed by atoms with Gasteiger partial charge in [-0.05, 0) is 0 Å². The lowest BCUT2D eigenvalue weighted by Crippen LogP contribution is -2.39. The Morgan fingerprint density at radius 3 is 2.81 bits per heavy atom. The Kier molecular flexibility index (Phi) is 4.77. The lowest BCUT2D eigenvalue weighted by molar-refractivity contribution is -0.130. The standard InChI is InChI=1S/C13H20N4O4/c1-9(2)12-14-10(15-21-12)4-5-16(3)11(18)8-17-6-7-20-13(17)19/h9H,4-8H2,1-3H3. The van der Waals surface area contributed by atoms with Crippen molar-refractivity contribution >= 4 is 12.0 Å².